The molecule has 0 spiro atoms. The Hall–Kier alpha value is -1.89. The number of nitrogens with one attached hydrogen (secondary N) is 1. The van der Waals surface area contributed by atoms with Gasteiger partial charge in [-0.15, -0.1) is 5.10 Å². The summed E-state index contributed by atoms with van der Waals surface area (Å²) < 4.78 is 1.95. The fraction of sp³-hybridized carbons (Fsp3) is 0.529. The Bertz CT molecular complexity index is 729. The number of hydrogen-bond acceptors (Lipinski definition) is 5. The van der Waals surface area contributed by atoms with Crippen LogP contribution in [0.1, 0.15) is 37.3 Å². The molecule has 24 heavy (non-hydrogen) atoms. The number of hydrogen-bond donors (Lipinski definition) is 1. The number of carbonyl (C=O) groups is 1. The van der Waals surface area contributed by atoms with E-state index in [9.17, 15) is 4.79 Å². The quantitative estimate of drug-likeness (QED) is 0.845. The second kappa shape index (κ2) is 6.55. The van der Waals surface area contributed by atoms with Crippen LogP contribution in [0.2, 0.25) is 0 Å². The van der Waals surface area contributed by atoms with E-state index in [1.807, 2.05) is 35.9 Å². The number of fused-ring (bicyclic) bond motifs is 2. The van der Waals surface area contributed by atoms with E-state index in [0.29, 0.717) is 17.7 Å². The fourth-order valence-electron chi connectivity index (χ4n) is 3.96. The molecule has 126 valence electrons. The van der Waals surface area contributed by atoms with Crippen LogP contribution in [-0.2, 0) is 4.79 Å². The Morgan fingerprint density at radius 2 is 2.12 bits per heavy atom. The smallest absolute Gasteiger partial charge is 0.234 e. The van der Waals surface area contributed by atoms with Crippen LogP contribution < -0.4 is 5.32 Å². The van der Waals surface area contributed by atoms with Gasteiger partial charge in [-0.25, -0.2) is 4.68 Å². The lowest BCUT2D eigenvalue weighted by Crippen LogP contribution is -2.19. The summed E-state index contributed by atoms with van der Waals surface area (Å²) in [6, 6.07) is 8.21. The van der Waals surface area contributed by atoms with Crippen molar-refractivity contribution in [3.05, 3.63) is 29.8 Å². The minimum Gasteiger partial charge on any atom is -0.325 e. The van der Waals surface area contributed by atoms with Crippen molar-refractivity contribution in [2.24, 2.45) is 11.8 Å². The normalized spacial score (nSPS) is 25.1. The molecular weight excluding hydrogens is 322 g/mol. The maximum Gasteiger partial charge on any atom is 0.234 e. The molecule has 1 aromatic carbocycles. The van der Waals surface area contributed by atoms with E-state index in [1.54, 1.807) is 0 Å². The summed E-state index contributed by atoms with van der Waals surface area (Å²) >= 11 is 1.41. The highest BCUT2D eigenvalue weighted by Gasteiger charge is 2.42. The van der Waals surface area contributed by atoms with Gasteiger partial charge in [-0.3, -0.25) is 4.79 Å². The third kappa shape index (κ3) is 3.17. The highest BCUT2D eigenvalue weighted by atomic mass is 32.2. The van der Waals surface area contributed by atoms with Gasteiger partial charge in [-0.2, -0.15) is 0 Å². The van der Waals surface area contributed by atoms with Crippen LogP contribution in [0.4, 0.5) is 5.69 Å². The van der Waals surface area contributed by atoms with Gasteiger partial charge < -0.3 is 5.32 Å². The summed E-state index contributed by atoms with van der Waals surface area (Å²) in [5.41, 5.74) is 1.99. The van der Waals surface area contributed by atoms with Crippen LogP contribution in [0.25, 0.3) is 0 Å². The molecule has 2 aliphatic carbocycles. The average Bonchev–Trinajstić information content (AvgIpc) is 3.31. The predicted molar refractivity (Wildman–Crippen MR) is 92.8 cm³/mol. The lowest BCUT2D eigenvalue weighted by molar-refractivity contribution is -0.113. The van der Waals surface area contributed by atoms with Crippen molar-refractivity contribution in [3.8, 4) is 0 Å². The molecule has 2 saturated carbocycles. The summed E-state index contributed by atoms with van der Waals surface area (Å²) in [7, 11) is 0. The van der Waals surface area contributed by atoms with Crippen molar-refractivity contribution in [2.45, 2.75) is 43.8 Å². The Morgan fingerprint density at radius 3 is 2.83 bits per heavy atom. The second-order valence-electron chi connectivity index (χ2n) is 6.85. The van der Waals surface area contributed by atoms with Gasteiger partial charge in [0.05, 0.1) is 11.8 Å². The van der Waals surface area contributed by atoms with Crippen molar-refractivity contribution < 1.29 is 4.79 Å². The highest BCUT2D eigenvalue weighted by Crippen LogP contribution is 2.50. The van der Waals surface area contributed by atoms with E-state index >= 15 is 0 Å². The van der Waals surface area contributed by atoms with Crippen LogP contribution in [0.15, 0.2) is 29.4 Å². The van der Waals surface area contributed by atoms with Gasteiger partial charge in [0.1, 0.15) is 0 Å². The zero-order chi connectivity index (χ0) is 16.5. The molecule has 4 rings (SSSR count). The fourth-order valence-corrected chi connectivity index (χ4v) is 4.69. The number of amides is 1. The van der Waals surface area contributed by atoms with Gasteiger partial charge in [-0.05, 0) is 60.6 Å². The molecule has 0 aliphatic heterocycles. The first kappa shape index (κ1) is 15.6. The molecule has 7 heteroatoms. The first-order valence-electron chi connectivity index (χ1n) is 8.46. The molecule has 2 bridgehead atoms. The molecule has 2 aromatic rings. The Kier molecular flexibility index (Phi) is 4.26. The molecular formula is C17H21N5OS. The topological polar surface area (TPSA) is 72.7 Å². The van der Waals surface area contributed by atoms with Crippen LogP contribution in [0.5, 0.6) is 0 Å². The average molecular weight is 343 g/mol. The van der Waals surface area contributed by atoms with Gasteiger partial charge in [0.2, 0.25) is 11.1 Å². The maximum atomic E-state index is 12.1. The van der Waals surface area contributed by atoms with Crippen molar-refractivity contribution in [2.75, 3.05) is 11.1 Å². The largest absolute Gasteiger partial charge is 0.325 e. The van der Waals surface area contributed by atoms with E-state index in [2.05, 4.69) is 20.8 Å². The number of nitrogens with zero attached hydrogens (tertiary/aromatic N) is 4. The van der Waals surface area contributed by atoms with Gasteiger partial charge in [0.25, 0.3) is 0 Å². The Balaban J connectivity index is 1.35. The van der Waals surface area contributed by atoms with Gasteiger partial charge in [0.15, 0.2) is 0 Å². The van der Waals surface area contributed by atoms with Crippen LogP contribution in [-0.4, -0.2) is 31.9 Å². The Morgan fingerprint density at radius 1 is 1.29 bits per heavy atom. The molecule has 1 N–H and O–H groups in total. The van der Waals surface area contributed by atoms with Crippen molar-refractivity contribution in [1.29, 1.82) is 0 Å². The number of anilines is 1. The number of carbonyl (C=O) groups excluding carboxylic acids is 1. The molecule has 6 nitrogen and oxygen atoms in total. The monoisotopic (exact) mass is 343 g/mol. The minimum absolute atomic E-state index is 0.0358. The lowest BCUT2D eigenvalue weighted by Gasteiger charge is -2.22. The van der Waals surface area contributed by atoms with Crippen LogP contribution in [0.3, 0.4) is 0 Å². The van der Waals surface area contributed by atoms with Gasteiger partial charge in [0, 0.05) is 5.69 Å². The summed E-state index contributed by atoms with van der Waals surface area (Å²) in [4.78, 5) is 12.1. The van der Waals surface area contributed by atoms with E-state index in [1.165, 1.54) is 43.0 Å². The number of benzene rings is 1. The van der Waals surface area contributed by atoms with Gasteiger partial charge in [-0.1, -0.05) is 35.9 Å². The van der Waals surface area contributed by atoms with Crippen molar-refractivity contribution in [3.63, 3.8) is 0 Å². The van der Waals surface area contributed by atoms with E-state index in [0.717, 1.165) is 16.8 Å². The number of tetrazole rings is 1. The van der Waals surface area contributed by atoms with E-state index in [-0.39, 0.29) is 5.91 Å². The lowest BCUT2D eigenvalue weighted by atomic mass is 9.96. The van der Waals surface area contributed by atoms with Crippen LogP contribution >= 0.6 is 11.8 Å². The number of thioether (sulfide) groups is 1. The summed E-state index contributed by atoms with van der Waals surface area (Å²) in [6.45, 7) is 2.02. The van der Waals surface area contributed by atoms with Crippen molar-refractivity contribution in [1.82, 2.24) is 20.2 Å². The third-order valence-corrected chi connectivity index (χ3v) is 6.08. The summed E-state index contributed by atoms with van der Waals surface area (Å²) in [6.07, 6.45) is 5.12. The predicted octanol–water partition coefficient (Wildman–Crippen LogP) is 3.07. The molecule has 2 fully saturated rings. The zero-order valence-corrected chi connectivity index (χ0v) is 14.5. The third-order valence-electron chi connectivity index (χ3n) is 5.15. The van der Waals surface area contributed by atoms with E-state index in [4.69, 9.17) is 0 Å². The molecule has 1 amide bonds. The highest BCUT2D eigenvalue weighted by molar-refractivity contribution is 7.99. The van der Waals surface area contributed by atoms with Crippen molar-refractivity contribution >= 4 is 23.4 Å². The van der Waals surface area contributed by atoms with Crippen LogP contribution in [0, 0.1) is 18.8 Å². The first-order chi connectivity index (χ1) is 11.7. The number of aromatic nitrogens is 4. The zero-order valence-electron chi connectivity index (χ0n) is 13.7. The number of aryl methyl sites for hydroxylation is 1. The second-order valence-corrected chi connectivity index (χ2v) is 7.79. The molecule has 0 saturated heterocycles. The maximum absolute atomic E-state index is 12.1. The van der Waals surface area contributed by atoms with Gasteiger partial charge >= 0.3 is 0 Å². The molecule has 0 radical (unpaired) electrons. The molecule has 1 heterocycles. The number of rotatable bonds is 5. The molecule has 1 aromatic heterocycles. The molecule has 2 aliphatic rings. The molecule has 0 unspecified atom stereocenters. The first-order valence-corrected chi connectivity index (χ1v) is 9.45. The standard InChI is InChI=1S/C17H21N5OS/c1-11-2-6-14(7-3-11)18-16(23)10-24-17-19-20-21-22(17)15-9-12-4-5-13(15)8-12/h2-3,6-7,12-13,15H,4-5,8-10H2,1H3,(H,18,23)/t12-,13+,15+/m1/s1. The summed E-state index contributed by atoms with van der Waals surface area (Å²) in [5.74, 6) is 1.83. The summed E-state index contributed by atoms with van der Waals surface area (Å²) in [5, 5.41) is 15.8. The van der Waals surface area contributed by atoms with E-state index < -0.39 is 0 Å². The SMILES string of the molecule is Cc1ccc(NC(=O)CSc2nnnn2[C@H]2C[C@@H]3CC[C@H]2C3)cc1. The Labute approximate surface area is 145 Å². The molecule has 3 atom stereocenters. The minimum atomic E-state index is -0.0358.